The first-order valence-corrected chi connectivity index (χ1v) is 7.43. The highest BCUT2D eigenvalue weighted by Crippen LogP contribution is 2.27. The molecule has 1 saturated heterocycles. The maximum absolute atomic E-state index is 12.5. The molecule has 1 aromatic rings. The van der Waals surface area contributed by atoms with E-state index in [1.165, 1.54) is 11.4 Å². The van der Waals surface area contributed by atoms with E-state index in [-0.39, 0.29) is 18.0 Å². The molecule has 0 aliphatic carbocycles. The normalized spacial score (nSPS) is 26.4. The average Bonchev–Trinajstić information content (AvgIpc) is 2.83. The number of hydrogen-bond donors (Lipinski definition) is 1. The van der Waals surface area contributed by atoms with Crippen LogP contribution in [0, 0.1) is 6.92 Å². The number of hydrogen-bond acceptors (Lipinski definition) is 3. The van der Waals surface area contributed by atoms with Gasteiger partial charge in [-0.2, -0.15) is 0 Å². The monoisotopic (exact) mass is 277 g/mol. The topological polar surface area (TPSA) is 46.5 Å². The van der Waals surface area contributed by atoms with Crippen molar-refractivity contribution in [3.63, 3.8) is 0 Å². The van der Waals surface area contributed by atoms with E-state index < -0.39 is 0 Å². The lowest BCUT2D eigenvalue weighted by molar-refractivity contribution is -0.135. The molecule has 110 valence electrons. The number of nitrogens with one attached hydrogen (secondary N) is 1. The van der Waals surface area contributed by atoms with Gasteiger partial charge in [0.05, 0.1) is 19.3 Å². The fourth-order valence-electron chi connectivity index (χ4n) is 3.24. The first-order valence-electron chi connectivity index (χ1n) is 7.43. The Morgan fingerprint density at radius 2 is 2.30 bits per heavy atom. The smallest absolute Gasteiger partial charge is 0.224 e. The molecule has 0 saturated carbocycles. The Labute approximate surface area is 119 Å². The van der Waals surface area contributed by atoms with Gasteiger partial charge in [-0.3, -0.25) is 4.79 Å². The Morgan fingerprint density at radius 1 is 1.45 bits per heavy atom. The van der Waals surface area contributed by atoms with Gasteiger partial charge in [0.15, 0.2) is 0 Å². The Balaban J connectivity index is 1.67. The summed E-state index contributed by atoms with van der Waals surface area (Å²) in [5, 5.41) is 3.35. The minimum atomic E-state index is 0.162. The van der Waals surface area contributed by atoms with E-state index in [0.29, 0.717) is 13.0 Å². The predicted molar refractivity (Wildman–Crippen MR) is 76.5 cm³/mol. The number of morpholine rings is 1. The van der Waals surface area contributed by atoms with Gasteiger partial charge in [0.1, 0.15) is 0 Å². The summed E-state index contributed by atoms with van der Waals surface area (Å²) >= 11 is 0. The number of nitrogens with zero attached hydrogens (tertiary/aromatic N) is 2. The largest absolute Gasteiger partial charge is 0.378 e. The Bertz CT molecular complexity index is 491. The minimum Gasteiger partial charge on any atom is -0.378 e. The highest BCUT2D eigenvalue weighted by atomic mass is 16.5. The summed E-state index contributed by atoms with van der Waals surface area (Å²) in [6.45, 7) is 8.18. The van der Waals surface area contributed by atoms with Gasteiger partial charge in [0.25, 0.3) is 0 Å². The summed E-state index contributed by atoms with van der Waals surface area (Å²) < 4.78 is 7.74. The second-order valence-electron chi connectivity index (χ2n) is 5.74. The Hall–Kier alpha value is -1.33. The van der Waals surface area contributed by atoms with Crippen LogP contribution >= 0.6 is 0 Å². The van der Waals surface area contributed by atoms with E-state index in [1.807, 2.05) is 4.90 Å². The SMILES string of the molecule is Cc1ccc2n1CCN(C(=O)CC1COCCN1)C2C. The third-order valence-corrected chi connectivity index (χ3v) is 4.43. The van der Waals surface area contributed by atoms with Crippen molar-refractivity contribution in [3.05, 3.63) is 23.5 Å². The van der Waals surface area contributed by atoms with Crippen molar-refractivity contribution >= 4 is 5.91 Å². The molecule has 20 heavy (non-hydrogen) atoms. The number of amides is 1. The van der Waals surface area contributed by atoms with Crippen LogP contribution < -0.4 is 5.32 Å². The summed E-state index contributed by atoms with van der Waals surface area (Å²) in [5.74, 6) is 0.227. The molecule has 2 aliphatic heterocycles. The molecule has 0 bridgehead atoms. The molecule has 3 rings (SSSR count). The summed E-state index contributed by atoms with van der Waals surface area (Å²) in [4.78, 5) is 14.5. The van der Waals surface area contributed by atoms with Gasteiger partial charge in [-0.05, 0) is 26.0 Å². The van der Waals surface area contributed by atoms with Gasteiger partial charge in [-0.15, -0.1) is 0 Å². The lowest BCUT2D eigenvalue weighted by Gasteiger charge is -2.36. The summed E-state index contributed by atoms with van der Waals surface area (Å²) in [6.07, 6.45) is 0.532. The third kappa shape index (κ3) is 2.47. The molecular weight excluding hydrogens is 254 g/mol. The highest BCUT2D eigenvalue weighted by Gasteiger charge is 2.29. The van der Waals surface area contributed by atoms with Crippen molar-refractivity contribution in [1.82, 2.24) is 14.8 Å². The van der Waals surface area contributed by atoms with E-state index in [0.717, 1.165) is 26.2 Å². The zero-order valence-corrected chi connectivity index (χ0v) is 12.3. The number of aromatic nitrogens is 1. The van der Waals surface area contributed by atoms with Crippen LogP contribution in [0.15, 0.2) is 12.1 Å². The number of ether oxygens (including phenoxy) is 1. The van der Waals surface area contributed by atoms with Crippen molar-refractivity contribution < 1.29 is 9.53 Å². The van der Waals surface area contributed by atoms with E-state index in [4.69, 9.17) is 4.74 Å². The zero-order valence-electron chi connectivity index (χ0n) is 12.3. The second-order valence-corrected chi connectivity index (χ2v) is 5.74. The molecule has 1 amide bonds. The highest BCUT2D eigenvalue weighted by molar-refractivity contribution is 5.77. The van der Waals surface area contributed by atoms with Crippen molar-refractivity contribution in [1.29, 1.82) is 0 Å². The number of rotatable bonds is 2. The van der Waals surface area contributed by atoms with Crippen LogP contribution in [0.3, 0.4) is 0 Å². The lowest BCUT2D eigenvalue weighted by atomic mass is 10.1. The van der Waals surface area contributed by atoms with E-state index in [1.54, 1.807) is 0 Å². The molecule has 2 unspecified atom stereocenters. The molecule has 1 N–H and O–H groups in total. The van der Waals surface area contributed by atoms with Crippen LogP contribution in [0.25, 0.3) is 0 Å². The lowest BCUT2D eigenvalue weighted by Crippen LogP contribution is -2.47. The van der Waals surface area contributed by atoms with E-state index in [9.17, 15) is 4.79 Å². The Morgan fingerprint density at radius 3 is 3.05 bits per heavy atom. The summed E-state index contributed by atoms with van der Waals surface area (Å²) in [6, 6.07) is 4.60. The third-order valence-electron chi connectivity index (χ3n) is 4.43. The fraction of sp³-hybridized carbons (Fsp3) is 0.667. The first-order chi connectivity index (χ1) is 9.66. The molecule has 0 spiro atoms. The molecule has 2 atom stereocenters. The predicted octanol–water partition coefficient (Wildman–Crippen LogP) is 1.08. The molecule has 0 radical (unpaired) electrons. The minimum absolute atomic E-state index is 0.162. The van der Waals surface area contributed by atoms with Crippen molar-refractivity contribution in [3.8, 4) is 0 Å². The van der Waals surface area contributed by atoms with Crippen molar-refractivity contribution in [2.45, 2.75) is 38.9 Å². The maximum Gasteiger partial charge on any atom is 0.224 e. The Kier molecular flexibility index (Phi) is 3.81. The molecular formula is C15H23N3O2. The number of carbonyl (C=O) groups is 1. The van der Waals surface area contributed by atoms with Gasteiger partial charge < -0.3 is 19.5 Å². The molecule has 1 aromatic heterocycles. The molecule has 2 aliphatic rings. The van der Waals surface area contributed by atoms with Gasteiger partial charge in [0.2, 0.25) is 5.91 Å². The van der Waals surface area contributed by atoms with Gasteiger partial charge in [-0.1, -0.05) is 0 Å². The average molecular weight is 277 g/mol. The summed E-state index contributed by atoms with van der Waals surface area (Å²) in [7, 11) is 0. The standard InChI is InChI=1S/C15H23N3O2/c1-11-3-4-14-12(2)18(7-6-17(11)14)15(19)9-13-10-20-8-5-16-13/h3-4,12-13,16H,5-10H2,1-2H3. The number of aryl methyl sites for hydroxylation is 1. The first kappa shape index (κ1) is 13.6. The fourth-order valence-corrected chi connectivity index (χ4v) is 3.24. The van der Waals surface area contributed by atoms with E-state index >= 15 is 0 Å². The van der Waals surface area contributed by atoms with Crippen LogP contribution in [0.1, 0.15) is 30.8 Å². The van der Waals surface area contributed by atoms with Gasteiger partial charge >= 0.3 is 0 Å². The molecule has 5 nitrogen and oxygen atoms in total. The van der Waals surface area contributed by atoms with Gasteiger partial charge in [0, 0.05) is 43.5 Å². The number of carbonyl (C=O) groups excluding carboxylic acids is 1. The number of fused-ring (bicyclic) bond motifs is 1. The van der Waals surface area contributed by atoms with Gasteiger partial charge in [-0.25, -0.2) is 0 Å². The van der Waals surface area contributed by atoms with E-state index in [2.05, 4.69) is 35.9 Å². The van der Waals surface area contributed by atoms with Crippen molar-refractivity contribution in [2.24, 2.45) is 0 Å². The van der Waals surface area contributed by atoms with Crippen LogP contribution in [0.2, 0.25) is 0 Å². The summed E-state index contributed by atoms with van der Waals surface area (Å²) in [5.41, 5.74) is 2.52. The zero-order chi connectivity index (χ0) is 14.1. The quantitative estimate of drug-likeness (QED) is 0.880. The maximum atomic E-state index is 12.5. The molecule has 1 fully saturated rings. The molecule has 0 aromatic carbocycles. The van der Waals surface area contributed by atoms with Crippen molar-refractivity contribution in [2.75, 3.05) is 26.3 Å². The molecule has 5 heteroatoms. The van der Waals surface area contributed by atoms with Crippen LogP contribution in [0.5, 0.6) is 0 Å². The molecule has 3 heterocycles. The van der Waals surface area contributed by atoms with Crippen LogP contribution in [0.4, 0.5) is 0 Å². The van der Waals surface area contributed by atoms with Crippen LogP contribution in [-0.4, -0.2) is 47.7 Å². The second kappa shape index (κ2) is 5.58. The van der Waals surface area contributed by atoms with Crippen LogP contribution in [-0.2, 0) is 16.1 Å².